The monoisotopic (exact) mass is 166 g/mol. The van der Waals surface area contributed by atoms with Crippen molar-refractivity contribution in [1.82, 2.24) is 0 Å². The van der Waals surface area contributed by atoms with Crippen LogP contribution in [0.1, 0.15) is 6.92 Å². The number of halogens is 1. The van der Waals surface area contributed by atoms with Crippen molar-refractivity contribution in [3.8, 4) is 0 Å². The Bertz CT molecular complexity index is 48.2. The molecule has 2 nitrogen and oxygen atoms in total. The summed E-state index contributed by atoms with van der Waals surface area (Å²) in [5.74, 6) is 0.671. The lowest BCUT2D eigenvalue weighted by Crippen LogP contribution is -2.03. The predicted molar refractivity (Wildman–Crippen MR) is 38.9 cm³/mol. The number of hydrogen-bond acceptors (Lipinski definition) is 2. The molecule has 0 bridgehead atoms. The summed E-state index contributed by atoms with van der Waals surface area (Å²) in [6.45, 7) is 3.06. The van der Waals surface area contributed by atoms with Gasteiger partial charge in [0.1, 0.15) is 6.79 Å². The highest BCUT2D eigenvalue weighted by atomic mass is 35.5. The number of rotatable bonds is 6. The van der Waals surface area contributed by atoms with Crippen molar-refractivity contribution in [2.75, 3.05) is 19.3 Å². The third-order valence-electron chi connectivity index (χ3n) is 0.645. The van der Waals surface area contributed by atoms with E-state index in [0.29, 0.717) is 29.0 Å². The van der Waals surface area contributed by atoms with Gasteiger partial charge >= 0.3 is 0 Å². The first-order valence-corrected chi connectivity index (χ1v) is 4.55. The van der Waals surface area contributed by atoms with Crippen molar-refractivity contribution < 1.29 is 9.16 Å². The van der Waals surface area contributed by atoms with Crippen LogP contribution >= 0.6 is 11.6 Å². The van der Waals surface area contributed by atoms with E-state index in [9.17, 15) is 0 Å². The fraction of sp³-hybridized carbons (Fsp3) is 1.00. The van der Waals surface area contributed by atoms with Crippen LogP contribution in [-0.4, -0.2) is 29.0 Å². The zero-order valence-electron chi connectivity index (χ0n) is 5.52. The van der Waals surface area contributed by atoms with Gasteiger partial charge in [0, 0.05) is 12.5 Å². The molecule has 0 aliphatic rings. The molecule has 0 heterocycles. The van der Waals surface area contributed by atoms with Gasteiger partial charge in [0.2, 0.25) is 9.76 Å². The minimum atomic E-state index is 0.409. The van der Waals surface area contributed by atoms with E-state index in [1.165, 1.54) is 0 Å². The average molecular weight is 167 g/mol. The fourth-order valence-electron chi connectivity index (χ4n) is 0.277. The van der Waals surface area contributed by atoms with E-state index in [-0.39, 0.29) is 0 Å². The molecule has 0 amide bonds. The standard InChI is InChI=1S/C5H11ClO2Si/c1-2-7-5-8-9-4-3-6/h2-5H2,1H3. The van der Waals surface area contributed by atoms with Gasteiger partial charge in [-0.05, 0) is 13.0 Å². The van der Waals surface area contributed by atoms with Gasteiger partial charge in [-0.3, -0.25) is 0 Å². The second-order valence-electron chi connectivity index (χ2n) is 1.34. The molecule has 4 heteroatoms. The molecule has 0 unspecified atom stereocenters. The zero-order valence-corrected chi connectivity index (χ0v) is 7.28. The van der Waals surface area contributed by atoms with Crippen LogP contribution in [-0.2, 0) is 9.16 Å². The maximum Gasteiger partial charge on any atom is 0.234 e. The van der Waals surface area contributed by atoms with E-state index in [1.807, 2.05) is 6.92 Å². The summed E-state index contributed by atoms with van der Waals surface area (Å²) in [5.41, 5.74) is 0. The topological polar surface area (TPSA) is 18.5 Å². The second-order valence-corrected chi connectivity index (χ2v) is 2.79. The Kier molecular flexibility index (Phi) is 8.83. The van der Waals surface area contributed by atoms with E-state index in [1.54, 1.807) is 0 Å². The van der Waals surface area contributed by atoms with Crippen molar-refractivity contribution >= 4 is 21.4 Å². The Morgan fingerprint density at radius 1 is 1.56 bits per heavy atom. The van der Waals surface area contributed by atoms with Gasteiger partial charge in [0.25, 0.3) is 0 Å². The molecule has 0 spiro atoms. The number of alkyl halides is 1. The number of hydrogen-bond donors (Lipinski definition) is 0. The molecule has 0 aliphatic carbocycles. The quantitative estimate of drug-likeness (QED) is 0.256. The van der Waals surface area contributed by atoms with Crippen LogP contribution in [0, 0.1) is 0 Å². The Hall–Kier alpha value is 0.427. The molecule has 0 saturated heterocycles. The minimum absolute atomic E-state index is 0.409. The molecule has 0 saturated carbocycles. The number of ether oxygens (including phenoxy) is 1. The predicted octanol–water partition coefficient (Wildman–Crippen LogP) is 1.27. The first-order chi connectivity index (χ1) is 4.41. The first-order valence-electron chi connectivity index (χ1n) is 2.90. The Morgan fingerprint density at radius 3 is 2.89 bits per heavy atom. The van der Waals surface area contributed by atoms with Crippen LogP contribution in [0.4, 0.5) is 0 Å². The summed E-state index contributed by atoms with van der Waals surface area (Å²) in [6, 6.07) is 0.925. The third-order valence-corrected chi connectivity index (χ3v) is 1.93. The molecule has 0 aromatic heterocycles. The normalized spacial score (nSPS) is 10.0. The lowest BCUT2D eigenvalue weighted by Gasteiger charge is -1.99. The smallest absolute Gasteiger partial charge is 0.234 e. The van der Waals surface area contributed by atoms with E-state index >= 15 is 0 Å². The Labute approximate surface area is 63.4 Å². The highest BCUT2D eigenvalue weighted by molar-refractivity contribution is 6.31. The van der Waals surface area contributed by atoms with Crippen LogP contribution in [0.25, 0.3) is 0 Å². The summed E-state index contributed by atoms with van der Waals surface area (Å²) < 4.78 is 9.96. The van der Waals surface area contributed by atoms with Gasteiger partial charge in [-0.15, -0.1) is 11.6 Å². The summed E-state index contributed by atoms with van der Waals surface area (Å²) in [7, 11) is 0.485. The largest absolute Gasteiger partial charge is 0.395 e. The van der Waals surface area contributed by atoms with Gasteiger partial charge < -0.3 is 9.16 Å². The second kappa shape index (κ2) is 8.43. The van der Waals surface area contributed by atoms with Crippen LogP contribution < -0.4 is 0 Å². The van der Waals surface area contributed by atoms with E-state index in [0.717, 1.165) is 6.04 Å². The summed E-state index contributed by atoms with van der Waals surface area (Å²) >= 11 is 5.40. The SMILES string of the molecule is CCOCO[Si]CCCl. The molecular formula is C5H11ClO2Si. The Morgan fingerprint density at radius 2 is 2.33 bits per heavy atom. The molecule has 0 atom stereocenters. The minimum Gasteiger partial charge on any atom is -0.395 e. The van der Waals surface area contributed by atoms with Crippen molar-refractivity contribution in [1.29, 1.82) is 0 Å². The molecule has 0 fully saturated rings. The maximum atomic E-state index is 5.40. The van der Waals surface area contributed by atoms with Crippen molar-refractivity contribution in [2.24, 2.45) is 0 Å². The fourth-order valence-corrected chi connectivity index (χ4v) is 0.897. The van der Waals surface area contributed by atoms with Gasteiger partial charge in [0.15, 0.2) is 0 Å². The van der Waals surface area contributed by atoms with E-state index in [2.05, 4.69) is 0 Å². The van der Waals surface area contributed by atoms with Crippen molar-refractivity contribution in [3.05, 3.63) is 0 Å². The van der Waals surface area contributed by atoms with Crippen LogP contribution in [0.5, 0.6) is 0 Å². The van der Waals surface area contributed by atoms with Crippen LogP contribution in [0.3, 0.4) is 0 Å². The van der Waals surface area contributed by atoms with E-state index in [4.69, 9.17) is 20.8 Å². The van der Waals surface area contributed by atoms with Gasteiger partial charge in [-0.25, -0.2) is 0 Å². The third kappa shape index (κ3) is 8.43. The van der Waals surface area contributed by atoms with E-state index < -0.39 is 0 Å². The van der Waals surface area contributed by atoms with Crippen LogP contribution in [0.15, 0.2) is 0 Å². The lowest BCUT2D eigenvalue weighted by atomic mass is 10.9. The van der Waals surface area contributed by atoms with Gasteiger partial charge in [0.05, 0.1) is 0 Å². The lowest BCUT2D eigenvalue weighted by molar-refractivity contribution is 0.0244. The van der Waals surface area contributed by atoms with Crippen molar-refractivity contribution in [2.45, 2.75) is 13.0 Å². The van der Waals surface area contributed by atoms with Crippen LogP contribution in [0.2, 0.25) is 6.04 Å². The zero-order chi connectivity index (χ0) is 6.95. The average Bonchev–Trinajstić information content (AvgIpc) is 1.89. The highest BCUT2D eigenvalue weighted by Gasteiger charge is 1.87. The highest BCUT2D eigenvalue weighted by Crippen LogP contribution is 1.84. The van der Waals surface area contributed by atoms with Gasteiger partial charge in [-0.2, -0.15) is 0 Å². The summed E-state index contributed by atoms with van der Waals surface area (Å²) in [6.07, 6.45) is 0. The maximum absolute atomic E-state index is 5.40. The summed E-state index contributed by atoms with van der Waals surface area (Å²) in [4.78, 5) is 0. The molecular weight excluding hydrogens is 156 g/mol. The van der Waals surface area contributed by atoms with Crippen molar-refractivity contribution in [3.63, 3.8) is 0 Å². The summed E-state index contributed by atoms with van der Waals surface area (Å²) in [5, 5.41) is 0. The Balaban J connectivity index is 2.60. The molecule has 2 radical (unpaired) electrons. The molecule has 9 heavy (non-hydrogen) atoms. The molecule has 0 aromatic carbocycles. The molecule has 0 rings (SSSR count). The molecule has 0 N–H and O–H groups in total. The van der Waals surface area contributed by atoms with Gasteiger partial charge in [-0.1, -0.05) is 0 Å². The molecule has 54 valence electrons. The molecule has 0 aromatic rings. The first kappa shape index (κ1) is 9.43. The molecule has 0 aliphatic heterocycles.